The van der Waals surface area contributed by atoms with Crippen molar-refractivity contribution in [3.63, 3.8) is 0 Å². The molecule has 28 heavy (non-hydrogen) atoms. The van der Waals surface area contributed by atoms with Gasteiger partial charge in [0.25, 0.3) is 5.56 Å². The first-order valence-electron chi connectivity index (χ1n) is 8.45. The van der Waals surface area contributed by atoms with E-state index in [0.717, 1.165) is 12.1 Å². The van der Waals surface area contributed by atoms with Gasteiger partial charge in [0.1, 0.15) is 29.4 Å². The van der Waals surface area contributed by atoms with Crippen LogP contribution in [0.3, 0.4) is 0 Å². The zero-order valence-electron chi connectivity index (χ0n) is 15.2. The Bertz CT molecular complexity index is 1080. The third kappa shape index (κ3) is 3.38. The molecule has 10 heteroatoms. The minimum atomic E-state index is -4.82. The van der Waals surface area contributed by atoms with Crippen LogP contribution in [-0.4, -0.2) is 19.7 Å². The maximum absolute atomic E-state index is 14.1. The highest BCUT2D eigenvalue weighted by atomic mass is 19.4. The molecular formula is C18H17F5N4O. The smallest absolute Gasteiger partial charge is 0.310 e. The van der Waals surface area contributed by atoms with Gasteiger partial charge in [0.05, 0.1) is 11.6 Å². The fraction of sp³-hybridized carbons (Fsp3) is 0.389. The topological polar surface area (TPSA) is 63.6 Å². The number of fused-ring (bicyclic) bond motifs is 1. The SMILES string of the molecule is Cc1nc2c(c(CF)nn2C(c2ccc(C(F)(F)F)c(F)c2)C(C)C)c(=O)[nH]1. The quantitative estimate of drug-likeness (QED) is 0.664. The number of rotatable bonds is 4. The molecule has 0 amide bonds. The van der Waals surface area contributed by atoms with Crippen LogP contribution in [0.1, 0.15) is 42.5 Å². The molecule has 1 atom stereocenters. The molecular weight excluding hydrogens is 383 g/mol. The Morgan fingerprint density at radius 1 is 1.25 bits per heavy atom. The largest absolute Gasteiger partial charge is 0.419 e. The van der Waals surface area contributed by atoms with Crippen molar-refractivity contribution in [2.75, 3.05) is 0 Å². The second-order valence-electron chi connectivity index (χ2n) is 6.80. The number of hydrogen-bond donors (Lipinski definition) is 1. The predicted octanol–water partition coefficient (Wildman–Crippen LogP) is 4.30. The number of benzene rings is 1. The lowest BCUT2D eigenvalue weighted by molar-refractivity contribution is -0.140. The van der Waals surface area contributed by atoms with Gasteiger partial charge >= 0.3 is 6.18 Å². The maximum atomic E-state index is 14.1. The highest BCUT2D eigenvalue weighted by Gasteiger charge is 2.35. The Hall–Kier alpha value is -2.78. The van der Waals surface area contributed by atoms with Gasteiger partial charge in [-0.25, -0.2) is 18.4 Å². The van der Waals surface area contributed by atoms with Crippen LogP contribution in [-0.2, 0) is 12.9 Å². The van der Waals surface area contributed by atoms with Crippen molar-refractivity contribution in [1.29, 1.82) is 0 Å². The standard InChI is InChI=1S/C18H17F5N4O/c1-8(2)15(10-4-5-11(12(20)6-10)18(21,22)23)27-16-14(13(7-19)26-27)17(28)25-9(3)24-16/h4-6,8,15H,7H2,1-3H3,(H,24,25,28). The molecule has 0 spiro atoms. The summed E-state index contributed by atoms with van der Waals surface area (Å²) in [5.74, 6) is -1.42. The Balaban J connectivity index is 2.25. The van der Waals surface area contributed by atoms with Gasteiger partial charge in [0.15, 0.2) is 5.65 Å². The number of halogens is 5. The minimum absolute atomic E-state index is 0.0360. The van der Waals surface area contributed by atoms with E-state index in [1.807, 2.05) is 0 Å². The number of alkyl halides is 4. The van der Waals surface area contributed by atoms with Crippen molar-refractivity contribution >= 4 is 11.0 Å². The molecule has 3 aromatic rings. The first-order valence-corrected chi connectivity index (χ1v) is 8.45. The number of nitrogens with one attached hydrogen (secondary N) is 1. The van der Waals surface area contributed by atoms with E-state index in [1.165, 1.54) is 11.6 Å². The highest BCUT2D eigenvalue weighted by Crippen LogP contribution is 2.35. The molecule has 0 aliphatic rings. The summed E-state index contributed by atoms with van der Waals surface area (Å²) in [5.41, 5.74) is -1.79. The van der Waals surface area contributed by atoms with E-state index in [-0.39, 0.29) is 34.0 Å². The van der Waals surface area contributed by atoms with Gasteiger partial charge in [-0.15, -0.1) is 0 Å². The second kappa shape index (κ2) is 6.99. The molecule has 0 saturated carbocycles. The van der Waals surface area contributed by atoms with Gasteiger partial charge in [0, 0.05) is 0 Å². The van der Waals surface area contributed by atoms with E-state index in [1.54, 1.807) is 13.8 Å². The Kier molecular flexibility index (Phi) is 4.99. The van der Waals surface area contributed by atoms with E-state index in [2.05, 4.69) is 15.1 Å². The summed E-state index contributed by atoms with van der Waals surface area (Å²) >= 11 is 0. The molecule has 0 radical (unpaired) electrons. The lowest BCUT2D eigenvalue weighted by atomic mass is 9.95. The summed E-state index contributed by atoms with van der Waals surface area (Å²) in [6, 6.07) is 1.84. The maximum Gasteiger partial charge on any atom is 0.419 e. The molecule has 2 aromatic heterocycles. The Labute approximate surface area is 156 Å². The molecule has 2 heterocycles. The molecule has 150 valence electrons. The Morgan fingerprint density at radius 2 is 1.93 bits per heavy atom. The number of H-pyrrole nitrogens is 1. The van der Waals surface area contributed by atoms with Crippen LogP contribution < -0.4 is 5.56 Å². The average molecular weight is 400 g/mol. The third-order valence-electron chi connectivity index (χ3n) is 4.41. The highest BCUT2D eigenvalue weighted by molar-refractivity contribution is 5.77. The molecule has 0 bridgehead atoms. The second-order valence-corrected chi connectivity index (χ2v) is 6.80. The summed E-state index contributed by atoms with van der Waals surface area (Å²) in [6.07, 6.45) is -4.82. The summed E-state index contributed by atoms with van der Waals surface area (Å²) in [7, 11) is 0. The number of nitrogens with zero attached hydrogens (tertiary/aromatic N) is 3. The van der Waals surface area contributed by atoms with Gasteiger partial charge in [-0.05, 0) is 30.5 Å². The Morgan fingerprint density at radius 3 is 2.46 bits per heavy atom. The number of aromatic amines is 1. The van der Waals surface area contributed by atoms with Crippen molar-refractivity contribution in [2.45, 2.75) is 39.7 Å². The van der Waals surface area contributed by atoms with Crippen LogP contribution in [0.25, 0.3) is 11.0 Å². The van der Waals surface area contributed by atoms with Gasteiger partial charge in [-0.2, -0.15) is 18.3 Å². The first-order chi connectivity index (χ1) is 13.0. The molecule has 3 rings (SSSR count). The van der Waals surface area contributed by atoms with Crippen molar-refractivity contribution < 1.29 is 22.0 Å². The molecule has 1 unspecified atom stereocenters. The van der Waals surface area contributed by atoms with Crippen LogP contribution in [0, 0.1) is 18.7 Å². The molecule has 0 aliphatic heterocycles. The average Bonchev–Trinajstić information content (AvgIpc) is 2.92. The molecule has 1 aromatic carbocycles. The van der Waals surface area contributed by atoms with E-state index in [4.69, 9.17) is 0 Å². The van der Waals surface area contributed by atoms with Crippen LogP contribution >= 0.6 is 0 Å². The zero-order valence-corrected chi connectivity index (χ0v) is 15.2. The molecule has 1 N–H and O–H groups in total. The van der Waals surface area contributed by atoms with Crippen molar-refractivity contribution in [1.82, 2.24) is 19.7 Å². The summed E-state index contributed by atoms with van der Waals surface area (Å²) in [6.45, 7) is 4.02. The number of aromatic nitrogens is 4. The monoisotopic (exact) mass is 400 g/mol. The normalized spacial score (nSPS) is 13.5. The zero-order chi connectivity index (χ0) is 20.8. The summed E-state index contributed by atoms with van der Waals surface area (Å²) in [4.78, 5) is 18.9. The first kappa shape index (κ1) is 20.0. The lowest BCUT2D eigenvalue weighted by Crippen LogP contribution is -2.20. The van der Waals surface area contributed by atoms with Crippen molar-refractivity contribution in [3.05, 3.63) is 57.0 Å². The van der Waals surface area contributed by atoms with Crippen LogP contribution in [0.2, 0.25) is 0 Å². The third-order valence-corrected chi connectivity index (χ3v) is 4.41. The van der Waals surface area contributed by atoms with Crippen molar-refractivity contribution in [2.24, 2.45) is 5.92 Å². The summed E-state index contributed by atoms with van der Waals surface area (Å²) in [5, 5.41) is 4.09. The van der Waals surface area contributed by atoms with Crippen LogP contribution in [0.5, 0.6) is 0 Å². The van der Waals surface area contributed by atoms with Gasteiger partial charge in [0.2, 0.25) is 0 Å². The van der Waals surface area contributed by atoms with Gasteiger partial charge in [-0.3, -0.25) is 4.79 Å². The van der Waals surface area contributed by atoms with Crippen LogP contribution in [0.15, 0.2) is 23.0 Å². The van der Waals surface area contributed by atoms with E-state index in [0.29, 0.717) is 6.07 Å². The van der Waals surface area contributed by atoms with E-state index >= 15 is 0 Å². The fourth-order valence-corrected chi connectivity index (χ4v) is 3.27. The molecule has 0 saturated heterocycles. The minimum Gasteiger partial charge on any atom is -0.310 e. The van der Waals surface area contributed by atoms with Crippen LogP contribution in [0.4, 0.5) is 22.0 Å². The van der Waals surface area contributed by atoms with Crippen molar-refractivity contribution in [3.8, 4) is 0 Å². The number of aryl methyl sites for hydroxylation is 1. The fourth-order valence-electron chi connectivity index (χ4n) is 3.27. The molecule has 0 fully saturated rings. The van der Waals surface area contributed by atoms with Gasteiger partial charge < -0.3 is 4.98 Å². The van der Waals surface area contributed by atoms with E-state index < -0.39 is 35.8 Å². The summed E-state index contributed by atoms with van der Waals surface area (Å²) < 4.78 is 67.4. The van der Waals surface area contributed by atoms with E-state index in [9.17, 15) is 26.7 Å². The molecule has 5 nitrogen and oxygen atoms in total. The molecule has 0 aliphatic carbocycles. The lowest BCUT2D eigenvalue weighted by Gasteiger charge is -2.23. The predicted molar refractivity (Wildman–Crippen MR) is 92.1 cm³/mol. The van der Waals surface area contributed by atoms with Gasteiger partial charge in [-0.1, -0.05) is 19.9 Å². The number of hydrogen-bond acceptors (Lipinski definition) is 3.